The van der Waals surface area contributed by atoms with Crippen molar-refractivity contribution in [1.82, 2.24) is 0 Å². The lowest BCUT2D eigenvalue weighted by Crippen LogP contribution is -1.93. The molecule has 0 spiro atoms. The van der Waals surface area contributed by atoms with Gasteiger partial charge in [-0.1, -0.05) is 0 Å². The molecule has 4 heteroatoms. The summed E-state index contributed by atoms with van der Waals surface area (Å²) in [4.78, 5) is 0. The van der Waals surface area contributed by atoms with E-state index in [9.17, 15) is 5.11 Å². The van der Waals surface area contributed by atoms with Gasteiger partial charge in [-0.25, -0.2) is 0 Å². The number of hydrogen-bond donors (Lipinski definition) is 3. The number of nitrogens with two attached hydrogens (primary N) is 2. The Morgan fingerprint density at radius 1 is 1.36 bits per heavy atom. The minimum atomic E-state index is -0.0679. The minimum absolute atomic E-state index is 0.0679. The van der Waals surface area contributed by atoms with Crippen molar-refractivity contribution in [2.45, 2.75) is 0 Å². The maximum absolute atomic E-state index is 9.22. The van der Waals surface area contributed by atoms with Crippen LogP contribution in [0.4, 0.5) is 11.4 Å². The van der Waals surface area contributed by atoms with Crippen LogP contribution in [0.5, 0.6) is 11.5 Å². The average molecular weight is 154 g/mol. The van der Waals surface area contributed by atoms with Crippen molar-refractivity contribution in [1.29, 1.82) is 0 Å². The number of aromatic hydroxyl groups is 1. The van der Waals surface area contributed by atoms with Gasteiger partial charge in [0.25, 0.3) is 0 Å². The van der Waals surface area contributed by atoms with Crippen molar-refractivity contribution in [2.24, 2.45) is 0 Å². The fourth-order valence-electron chi connectivity index (χ4n) is 0.807. The first-order valence-corrected chi connectivity index (χ1v) is 3.07. The topological polar surface area (TPSA) is 81.5 Å². The van der Waals surface area contributed by atoms with E-state index in [0.29, 0.717) is 11.4 Å². The molecule has 0 aliphatic carbocycles. The Hall–Kier alpha value is -1.58. The van der Waals surface area contributed by atoms with E-state index in [0.717, 1.165) is 0 Å². The van der Waals surface area contributed by atoms with Gasteiger partial charge in [-0.2, -0.15) is 0 Å². The number of benzene rings is 1. The van der Waals surface area contributed by atoms with E-state index in [4.69, 9.17) is 16.2 Å². The summed E-state index contributed by atoms with van der Waals surface area (Å²) in [6, 6.07) is 2.98. The Morgan fingerprint density at radius 2 is 2.00 bits per heavy atom. The van der Waals surface area contributed by atoms with Gasteiger partial charge in [-0.3, -0.25) is 0 Å². The van der Waals surface area contributed by atoms with Crippen LogP contribution in [0, 0.1) is 0 Å². The second-order valence-electron chi connectivity index (χ2n) is 2.16. The second-order valence-corrected chi connectivity index (χ2v) is 2.16. The summed E-state index contributed by atoms with van der Waals surface area (Å²) in [6.45, 7) is 0. The van der Waals surface area contributed by atoms with E-state index in [1.54, 1.807) is 0 Å². The number of rotatable bonds is 1. The van der Waals surface area contributed by atoms with Crippen molar-refractivity contribution in [3.63, 3.8) is 0 Å². The molecule has 0 amide bonds. The zero-order valence-corrected chi connectivity index (χ0v) is 6.16. The Kier molecular flexibility index (Phi) is 1.76. The van der Waals surface area contributed by atoms with E-state index in [1.165, 1.54) is 19.2 Å². The van der Waals surface area contributed by atoms with Crippen LogP contribution < -0.4 is 16.2 Å². The van der Waals surface area contributed by atoms with Gasteiger partial charge < -0.3 is 21.3 Å². The molecule has 0 saturated heterocycles. The molecule has 0 fully saturated rings. The Labute approximate surface area is 64.4 Å². The number of phenols is 1. The van der Waals surface area contributed by atoms with Gasteiger partial charge in [0.2, 0.25) is 0 Å². The molecule has 1 aromatic rings. The summed E-state index contributed by atoms with van der Waals surface area (Å²) in [5.74, 6) is 0.226. The highest BCUT2D eigenvalue weighted by Crippen LogP contribution is 2.33. The fourth-order valence-corrected chi connectivity index (χ4v) is 0.807. The molecule has 0 radical (unpaired) electrons. The predicted octanol–water partition coefficient (Wildman–Crippen LogP) is 0.565. The van der Waals surface area contributed by atoms with E-state index in [2.05, 4.69) is 0 Å². The average Bonchev–Trinajstić information content (AvgIpc) is 1.96. The zero-order chi connectivity index (χ0) is 8.43. The Balaban J connectivity index is 3.24. The Bertz CT molecular complexity index is 273. The largest absolute Gasteiger partial charge is 0.503 e. The summed E-state index contributed by atoms with van der Waals surface area (Å²) in [5.41, 5.74) is 11.5. The SMILES string of the molecule is COc1cc(N)cc(N)c1O. The van der Waals surface area contributed by atoms with Crippen molar-refractivity contribution >= 4 is 11.4 Å². The first-order valence-electron chi connectivity index (χ1n) is 3.07. The van der Waals surface area contributed by atoms with Crippen LogP contribution >= 0.6 is 0 Å². The molecule has 4 nitrogen and oxygen atoms in total. The smallest absolute Gasteiger partial charge is 0.181 e. The highest BCUT2D eigenvalue weighted by atomic mass is 16.5. The monoisotopic (exact) mass is 154 g/mol. The molecule has 0 aliphatic rings. The number of hydrogen-bond acceptors (Lipinski definition) is 4. The number of phenolic OH excluding ortho intramolecular Hbond substituents is 1. The van der Waals surface area contributed by atoms with Gasteiger partial charge in [-0.15, -0.1) is 0 Å². The lowest BCUT2D eigenvalue weighted by atomic mass is 10.2. The third kappa shape index (κ3) is 1.29. The molecule has 60 valence electrons. The molecule has 1 rings (SSSR count). The van der Waals surface area contributed by atoms with Gasteiger partial charge in [0.05, 0.1) is 12.8 Å². The van der Waals surface area contributed by atoms with Gasteiger partial charge in [-0.05, 0) is 6.07 Å². The molecule has 0 bridgehead atoms. The standard InChI is InChI=1S/C7H10N2O2/c1-11-6-3-4(8)2-5(9)7(6)10/h2-3,10H,8-9H2,1H3. The molecule has 11 heavy (non-hydrogen) atoms. The highest BCUT2D eigenvalue weighted by molar-refractivity contribution is 5.66. The number of nitrogen functional groups attached to an aromatic ring is 2. The molecule has 0 saturated carbocycles. The molecular weight excluding hydrogens is 144 g/mol. The molecule has 0 unspecified atom stereocenters. The maximum Gasteiger partial charge on any atom is 0.181 e. The van der Waals surface area contributed by atoms with Crippen LogP contribution in [0.3, 0.4) is 0 Å². The quantitative estimate of drug-likeness (QED) is 0.313. The fraction of sp³-hybridized carbons (Fsp3) is 0.143. The van der Waals surface area contributed by atoms with Gasteiger partial charge in [0, 0.05) is 11.8 Å². The lowest BCUT2D eigenvalue weighted by molar-refractivity contribution is 0.375. The third-order valence-corrected chi connectivity index (χ3v) is 1.35. The molecule has 0 aliphatic heterocycles. The third-order valence-electron chi connectivity index (χ3n) is 1.35. The van der Waals surface area contributed by atoms with Gasteiger partial charge in [0.1, 0.15) is 0 Å². The van der Waals surface area contributed by atoms with E-state index in [1.807, 2.05) is 0 Å². The summed E-state index contributed by atoms with van der Waals surface area (Å²) < 4.78 is 4.80. The van der Waals surface area contributed by atoms with Crippen LogP contribution in [0.15, 0.2) is 12.1 Å². The van der Waals surface area contributed by atoms with E-state index >= 15 is 0 Å². The van der Waals surface area contributed by atoms with Crippen molar-refractivity contribution < 1.29 is 9.84 Å². The number of methoxy groups -OCH3 is 1. The summed E-state index contributed by atoms with van der Waals surface area (Å²) in [5, 5.41) is 9.22. The molecule has 0 atom stereocenters. The summed E-state index contributed by atoms with van der Waals surface area (Å²) >= 11 is 0. The molecule has 1 aromatic carbocycles. The summed E-state index contributed by atoms with van der Waals surface area (Å²) in [6.07, 6.45) is 0. The van der Waals surface area contributed by atoms with Crippen molar-refractivity contribution in [3.8, 4) is 11.5 Å². The molecule has 5 N–H and O–H groups in total. The van der Waals surface area contributed by atoms with Gasteiger partial charge >= 0.3 is 0 Å². The van der Waals surface area contributed by atoms with Crippen LogP contribution in [-0.2, 0) is 0 Å². The van der Waals surface area contributed by atoms with Crippen LogP contribution in [0.25, 0.3) is 0 Å². The first-order chi connectivity index (χ1) is 5.15. The van der Waals surface area contributed by atoms with Crippen LogP contribution in [0.1, 0.15) is 0 Å². The minimum Gasteiger partial charge on any atom is -0.503 e. The number of ether oxygens (including phenoxy) is 1. The van der Waals surface area contributed by atoms with Gasteiger partial charge in [0.15, 0.2) is 11.5 Å². The normalized spacial score (nSPS) is 9.55. The highest BCUT2D eigenvalue weighted by Gasteiger charge is 2.05. The Morgan fingerprint density at radius 3 is 2.55 bits per heavy atom. The number of anilines is 2. The van der Waals surface area contributed by atoms with Crippen LogP contribution in [-0.4, -0.2) is 12.2 Å². The van der Waals surface area contributed by atoms with Crippen molar-refractivity contribution in [3.05, 3.63) is 12.1 Å². The molecule has 0 aromatic heterocycles. The predicted molar refractivity (Wildman–Crippen MR) is 43.5 cm³/mol. The summed E-state index contributed by atoms with van der Waals surface area (Å²) in [7, 11) is 1.44. The zero-order valence-electron chi connectivity index (χ0n) is 6.16. The lowest BCUT2D eigenvalue weighted by Gasteiger charge is -2.06. The second kappa shape index (κ2) is 2.57. The van der Waals surface area contributed by atoms with Crippen molar-refractivity contribution in [2.75, 3.05) is 18.6 Å². The van der Waals surface area contributed by atoms with Crippen LogP contribution in [0.2, 0.25) is 0 Å². The first kappa shape index (κ1) is 7.53. The van der Waals surface area contributed by atoms with E-state index < -0.39 is 0 Å². The van der Waals surface area contributed by atoms with E-state index in [-0.39, 0.29) is 11.4 Å². The molecule has 0 heterocycles. The maximum atomic E-state index is 9.22. The molecular formula is C7H10N2O2.